The highest BCUT2D eigenvalue weighted by atomic mass is 35.5. The molecule has 188 valence electrons. The van der Waals surface area contributed by atoms with E-state index in [2.05, 4.69) is 16.0 Å². The number of carbonyl (C=O) groups excluding carboxylic acids is 2. The number of halogens is 4. The molecule has 0 aliphatic rings. The minimum Gasteiger partial charge on any atom is -0.389 e. The van der Waals surface area contributed by atoms with Crippen LogP contribution in [-0.2, 0) is 22.4 Å². The van der Waals surface area contributed by atoms with Gasteiger partial charge in [-0.25, -0.2) is 0 Å². The van der Waals surface area contributed by atoms with Crippen LogP contribution < -0.4 is 16.0 Å². The average molecular weight is 509 g/mol. The zero-order valence-corrected chi connectivity index (χ0v) is 20.0. The lowest BCUT2D eigenvalue weighted by Crippen LogP contribution is -2.41. The first-order chi connectivity index (χ1) is 16.6. The van der Waals surface area contributed by atoms with E-state index in [4.69, 9.17) is 17.0 Å². The third-order valence-corrected chi connectivity index (χ3v) is 5.32. The van der Waals surface area contributed by atoms with E-state index < -0.39 is 17.9 Å². The van der Waals surface area contributed by atoms with Crippen LogP contribution in [0.4, 0.5) is 18.9 Å². The Morgan fingerprint density at radius 2 is 1.83 bits per heavy atom. The van der Waals surface area contributed by atoms with Crippen LogP contribution >= 0.6 is 11.6 Å². The lowest BCUT2D eigenvalue weighted by Gasteiger charge is -2.17. The van der Waals surface area contributed by atoms with E-state index in [9.17, 15) is 22.8 Å². The normalized spacial score (nSPS) is 12.5. The highest BCUT2D eigenvalue weighted by Gasteiger charge is 2.32. The molecule has 0 spiro atoms. The maximum absolute atomic E-state index is 12.7. The molecule has 0 unspecified atom stereocenters. The van der Waals surface area contributed by atoms with Crippen LogP contribution in [0.2, 0.25) is 5.02 Å². The second kappa shape index (κ2) is 13.5. The third kappa shape index (κ3) is 9.82. The summed E-state index contributed by atoms with van der Waals surface area (Å²) in [4.78, 5) is 23.7. The molecule has 0 saturated carbocycles. The monoisotopic (exact) mass is 508 g/mol. The lowest BCUT2D eigenvalue weighted by atomic mass is 9.99. The van der Waals surface area contributed by atoms with Gasteiger partial charge in [-0.3, -0.25) is 15.0 Å². The molecule has 35 heavy (non-hydrogen) atoms. The van der Waals surface area contributed by atoms with Gasteiger partial charge in [0.2, 0.25) is 12.3 Å². The predicted molar refractivity (Wildman–Crippen MR) is 132 cm³/mol. The summed E-state index contributed by atoms with van der Waals surface area (Å²) in [6.07, 6.45) is -1.59. The Balaban J connectivity index is 2.00. The summed E-state index contributed by atoms with van der Waals surface area (Å²) < 4.78 is 38.0. The predicted octanol–water partition coefficient (Wildman–Crippen LogP) is 5.03. The van der Waals surface area contributed by atoms with Crippen LogP contribution in [0.1, 0.15) is 30.9 Å². The van der Waals surface area contributed by atoms with Crippen molar-refractivity contribution in [3.05, 3.63) is 76.5 Å². The van der Waals surface area contributed by atoms with Crippen molar-refractivity contribution in [1.82, 2.24) is 10.6 Å². The minimum atomic E-state index is -4.68. The van der Waals surface area contributed by atoms with E-state index in [0.29, 0.717) is 48.6 Å². The number of rotatable bonds is 13. The first-order valence-electron chi connectivity index (χ1n) is 11.1. The van der Waals surface area contributed by atoms with Crippen molar-refractivity contribution in [2.45, 2.75) is 44.8 Å². The van der Waals surface area contributed by atoms with Crippen molar-refractivity contribution in [3.63, 3.8) is 0 Å². The SMILES string of the molecule is CCN/C(=C\C(=N)C(F)(F)F)CCCc1cccc(C[C@H](NC=O)C(=O)Nc2ccc(Cl)cc2)c1. The zero-order chi connectivity index (χ0) is 25.8. The van der Waals surface area contributed by atoms with Gasteiger partial charge in [0, 0.05) is 29.4 Å². The smallest absolute Gasteiger partial charge is 0.389 e. The molecule has 0 bridgehead atoms. The summed E-state index contributed by atoms with van der Waals surface area (Å²) >= 11 is 5.86. The summed E-state index contributed by atoms with van der Waals surface area (Å²) in [5.41, 5.74) is 1.30. The average Bonchev–Trinajstić information content (AvgIpc) is 2.80. The Hall–Kier alpha value is -3.33. The summed E-state index contributed by atoms with van der Waals surface area (Å²) in [5, 5.41) is 15.9. The van der Waals surface area contributed by atoms with Crippen LogP contribution in [-0.4, -0.2) is 36.8 Å². The van der Waals surface area contributed by atoms with Crippen molar-refractivity contribution in [1.29, 1.82) is 5.41 Å². The zero-order valence-electron chi connectivity index (χ0n) is 19.2. The quantitative estimate of drug-likeness (QED) is 0.226. The van der Waals surface area contributed by atoms with E-state index >= 15 is 0 Å². The number of aryl methyl sites for hydroxylation is 1. The highest BCUT2D eigenvalue weighted by Crippen LogP contribution is 2.19. The van der Waals surface area contributed by atoms with E-state index in [1.807, 2.05) is 24.3 Å². The largest absolute Gasteiger partial charge is 0.432 e. The van der Waals surface area contributed by atoms with E-state index in [1.165, 1.54) is 0 Å². The molecule has 0 heterocycles. The highest BCUT2D eigenvalue weighted by molar-refractivity contribution is 6.30. The van der Waals surface area contributed by atoms with Crippen LogP contribution in [0.25, 0.3) is 0 Å². The van der Waals surface area contributed by atoms with Crippen LogP contribution in [0, 0.1) is 5.41 Å². The maximum Gasteiger partial charge on any atom is 0.432 e. The molecule has 0 radical (unpaired) electrons. The van der Waals surface area contributed by atoms with Crippen molar-refractivity contribution in [2.75, 3.05) is 11.9 Å². The molecule has 0 aromatic heterocycles. The summed E-state index contributed by atoms with van der Waals surface area (Å²) in [7, 11) is 0. The molecule has 0 aliphatic carbocycles. The molecule has 2 aromatic carbocycles. The number of carbonyl (C=O) groups is 2. The van der Waals surface area contributed by atoms with Crippen LogP contribution in [0.15, 0.2) is 60.3 Å². The second-order valence-electron chi connectivity index (χ2n) is 7.82. The van der Waals surface area contributed by atoms with Gasteiger partial charge >= 0.3 is 6.18 Å². The van der Waals surface area contributed by atoms with Crippen molar-refractivity contribution in [2.24, 2.45) is 0 Å². The van der Waals surface area contributed by atoms with Gasteiger partial charge in [0.05, 0.1) is 0 Å². The van der Waals surface area contributed by atoms with E-state index in [1.54, 1.807) is 31.2 Å². The fourth-order valence-electron chi connectivity index (χ4n) is 3.40. The first kappa shape index (κ1) is 27.9. The molecule has 6 nitrogen and oxygen atoms in total. The summed E-state index contributed by atoms with van der Waals surface area (Å²) in [6.45, 7) is 2.23. The molecule has 0 aliphatic heterocycles. The molecule has 4 N–H and O–H groups in total. The number of hydrogen-bond donors (Lipinski definition) is 4. The standard InChI is InChI=1S/C25H28ClF3N4O2/c1-2-31-21(15-23(30)25(27,28)29)8-4-6-17-5-3-7-18(13-17)14-22(32-16-34)24(35)33-20-11-9-19(26)10-12-20/h3,5,7,9-13,15-16,22,30-31H,2,4,6,8,14H2,1H3,(H,32,34)(H,33,35)/b21-15-,30-23?/t22-/m0/s1. The van der Waals surface area contributed by atoms with Gasteiger partial charge in [-0.05, 0) is 67.7 Å². The molecule has 10 heteroatoms. The Morgan fingerprint density at radius 1 is 1.14 bits per heavy atom. The lowest BCUT2D eigenvalue weighted by molar-refractivity contribution is -0.121. The maximum atomic E-state index is 12.7. The van der Waals surface area contributed by atoms with Gasteiger partial charge < -0.3 is 16.0 Å². The van der Waals surface area contributed by atoms with Crippen LogP contribution in [0.3, 0.4) is 0 Å². The summed E-state index contributed by atoms with van der Waals surface area (Å²) in [6, 6.07) is 13.3. The number of amides is 2. The number of anilines is 1. The number of benzene rings is 2. The van der Waals surface area contributed by atoms with Gasteiger partial charge in [0.1, 0.15) is 11.8 Å². The Morgan fingerprint density at radius 3 is 2.46 bits per heavy atom. The second-order valence-corrected chi connectivity index (χ2v) is 8.26. The molecule has 2 rings (SSSR count). The molecular weight excluding hydrogens is 481 g/mol. The van der Waals surface area contributed by atoms with Gasteiger partial charge in [-0.15, -0.1) is 0 Å². The fourth-order valence-corrected chi connectivity index (χ4v) is 3.52. The minimum absolute atomic E-state index is 0.261. The molecular formula is C25H28ClF3N4O2. The van der Waals surface area contributed by atoms with Gasteiger partial charge in [-0.2, -0.15) is 13.2 Å². The molecule has 2 amide bonds. The van der Waals surface area contributed by atoms with Crippen LogP contribution in [0.5, 0.6) is 0 Å². The number of hydrogen-bond acceptors (Lipinski definition) is 4. The molecule has 2 aromatic rings. The van der Waals surface area contributed by atoms with Crippen molar-refractivity contribution < 1.29 is 22.8 Å². The van der Waals surface area contributed by atoms with Gasteiger partial charge in [0.15, 0.2) is 0 Å². The number of alkyl halides is 3. The van der Waals surface area contributed by atoms with E-state index in [0.717, 1.165) is 17.2 Å². The first-order valence-corrected chi connectivity index (χ1v) is 11.4. The number of allylic oxidation sites excluding steroid dienone is 2. The van der Waals surface area contributed by atoms with Crippen molar-refractivity contribution in [3.8, 4) is 0 Å². The fraction of sp³-hybridized carbons (Fsp3) is 0.320. The Kier molecular flexibility index (Phi) is 10.8. The van der Waals surface area contributed by atoms with E-state index in [-0.39, 0.29) is 12.3 Å². The van der Waals surface area contributed by atoms with Crippen molar-refractivity contribution >= 4 is 35.3 Å². The Bertz CT molecular complexity index is 1040. The number of nitrogens with one attached hydrogen (secondary N) is 4. The van der Waals surface area contributed by atoms with Gasteiger partial charge in [0.25, 0.3) is 0 Å². The van der Waals surface area contributed by atoms with Gasteiger partial charge in [-0.1, -0.05) is 35.9 Å². The molecule has 1 atom stereocenters. The molecule has 0 fully saturated rings. The third-order valence-electron chi connectivity index (χ3n) is 5.07. The molecule has 0 saturated heterocycles. The summed E-state index contributed by atoms with van der Waals surface area (Å²) in [5.74, 6) is -0.377. The topological polar surface area (TPSA) is 94.1 Å². The Labute approximate surface area is 207 Å².